The second-order valence-corrected chi connectivity index (χ2v) is 9.13. The molecule has 7 heteroatoms. The van der Waals surface area contributed by atoms with Gasteiger partial charge in [0, 0.05) is 12.3 Å². The summed E-state index contributed by atoms with van der Waals surface area (Å²) in [5.41, 5.74) is 0.978. The van der Waals surface area contributed by atoms with Crippen molar-refractivity contribution in [1.29, 1.82) is 0 Å². The van der Waals surface area contributed by atoms with Crippen LogP contribution >= 0.6 is 0 Å². The summed E-state index contributed by atoms with van der Waals surface area (Å²) in [7, 11) is 0. The predicted molar refractivity (Wildman–Crippen MR) is 101 cm³/mol. The molecule has 4 N–H and O–H groups in total. The zero-order valence-electron chi connectivity index (χ0n) is 17.1. The Morgan fingerprint density at radius 3 is 2.50 bits per heavy atom. The smallest absolute Gasteiger partial charge is 0.187 e. The maximum atomic E-state index is 12.6. The summed E-state index contributed by atoms with van der Waals surface area (Å²) < 4.78 is 11.5. The van der Waals surface area contributed by atoms with E-state index >= 15 is 0 Å². The van der Waals surface area contributed by atoms with Gasteiger partial charge in [0.2, 0.25) is 0 Å². The van der Waals surface area contributed by atoms with Crippen molar-refractivity contribution >= 4 is 5.78 Å². The highest BCUT2D eigenvalue weighted by Crippen LogP contribution is 2.47. The Kier molecular flexibility index (Phi) is 6.64. The number of carbonyl (C=O) groups excluding carboxylic acids is 1. The van der Waals surface area contributed by atoms with E-state index in [9.17, 15) is 25.2 Å². The van der Waals surface area contributed by atoms with Crippen LogP contribution in [0.4, 0.5) is 0 Å². The van der Waals surface area contributed by atoms with Crippen LogP contribution in [-0.2, 0) is 14.3 Å². The van der Waals surface area contributed by atoms with Gasteiger partial charge >= 0.3 is 0 Å². The molecular formula is C21H34O7. The summed E-state index contributed by atoms with van der Waals surface area (Å²) >= 11 is 0. The van der Waals surface area contributed by atoms with Gasteiger partial charge in [-0.25, -0.2) is 0 Å². The third kappa shape index (κ3) is 3.93. The van der Waals surface area contributed by atoms with Crippen LogP contribution < -0.4 is 0 Å². The zero-order valence-corrected chi connectivity index (χ0v) is 17.1. The highest BCUT2D eigenvalue weighted by molar-refractivity contribution is 5.83. The minimum Gasteiger partial charge on any atom is -0.394 e. The van der Waals surface area contributed by atoms with E-state index in [1.54, 1.807) is 0 Å². The van der Waals surface area contributed by atoms with Gasteiger partial charge in [0.1, 0.15) is 30.2 Å². The lowest BCUT2D eigenvalue weighted by Gasteiger charge is -2.47. The molecule has 0 radical (unpaired) electrons. The van der Waals surface area contributed by atoms with E-state index in [0.717, 1.165) is 5.57 Å². The summed E-state index contributed by atoms with van der Waals surface area (Å²) in [5, 5.41) is 39.6. The molecule has 0 aromatic rings. The van der Waals surface area contributed by atoms with Gasteiger partial charge in [-0.15, -0.1) is 0 Å². The number of allylic oxidation sites excluding steroid dienone is 1. The van der Waals surface area contributed by atoms with Crippen molar-refractivity contribution in [3.8, 4) is 0 Å². The second kappa shape index (κ2) is 8.50. The maximum absolute atomic E-state index is 12.6. The molecule has 0 aromatic heterocycles. The van der Waals surface area contributed by atoms with Crippen LogP contribution in [0.2, 0.25) is 0 Å². The van der Waals surface area contributed by atoms with E-state index in [-0.39, 0.29) is 29.8 Å². The van der Waals surface area contributed by atoms with Crippen molar-refractivity contribution in [1.82, 2.24) is 0 Å². The molecule has 1 saturated carbocycles. The predicted octanol–water partition coefficient (Wildman–Crippen LogP) is 0.635. The molecule has 1 saturated heterocycles. The molecule has 1 aliphatic heterocycles. The largest absolute Gasteiger partial charge is 0.394 e. The maximum Gasteiger partial charge on any atom is 0.187 e. The Morgan fingerprint density at radius 1 is 1.21 bits per heavy atom. The quantitative estimate of drug-likeness (QED) is 0.513. The van der Waals surface area contributed by atoms with Gasteiger partial charge in [-0.2, -0.15) is 0 Å². The fourth-order valence-corrected chi connectivity index (χ4v) is 5.25. The highest BCUT2D eigenvalue weighted by Gasteiger charge is 2.48. The number of aliphatic hydroxyl groups excluding tert-OH is 4. The average molecular weight is 398 g/mol. The fourth-order valence-electron chi connectivity index (χ4n) is 5.25. The molecule has 0 bridgehead atoms. The molecule has 0 spiro atoms. The fraction of sp³-hybridized carbons (Fsp3) is 0.857. The zero-order chi connectivity index (χ0) is 20.7. The lowest BCUT2D eigenvalue weighted by Crippen LogP contribution is -2.60. The minimum atomic E-state index is -1.45. The number of hydrogen-bond donors (Lipinski definition) is 4. The second-order valence-electron chi connectivity index (χ2n) is 9.13. The van der Waals surface area contributed by atoms with Crippen molar-refractivity contribution in [2.75, 3.05) is 6.61 Å². The summed E-state index contributed by atoms with van der Waals surface area (Å²) in [4.78, 5) is 12.6. The SMILES string of the molecule is CC1=C[C@H]2[C@H](C[C@@H]1O[C@@H]1O[C@@H](CO)[C@@H](O)[C@@H](O)[C@@H]1O)[C@@H](C)CC(=O)[C@@H]2C(C)C. The first kappa shape index (κ1) is 21.9. The van der Waals surface area contributed by atoms with Crippen molar-refractivity contribution in [2.45, 2.75) is 77.3 Å². The number of carbonyl (C=O) groups is 1. The Hall–Kier alpha value is -0.830. The number of aliphatic hydroxyl groups is 4. The van der Waals surface area contributed by atoms with Crippen LogP contribution in [0.3, 0.4) is 0 Å². The summed E-state index contributed by atoms with van der Waals surface area (Å²) in [5.74, 6) is 1.36. The molecule has 2 aliphatic carbocycles. The Balaban J connectivity index is 1.78. The first-order valence-electron chi connectivity index (χ1n) is 10.3. The molecular weight excluding hydrogens is 364 g/mol. The number of fused-ring (bicyclic) bond motifs is 1. The number of rotatable bonds is 4. The molecule has 10 atom stereocenters. The van der Waals surface area contributed by atoms with E-state index in [1.807, 2.05) is 6.92 Å². The Bertz CT molecular complexity index is 602. The van der Waals surface area contributed by atoms with Gasteiger partial charge in [-0.05, 0) is 42.6 Å². The van der Waals surface area contributed by atoms with E-state index in [4.69, 9.17) is 9.47 Å². The molecule has 2 fully saturated rings. The normalized spacial score (nSPS) is 47.0. The van der Waals surface area contributed by atoms with Crippen molar-refractivity contribution in [3.05, 3.63) is 11.6 Å². The van der Waals surface area contributed by atoms with Gasteiger partial charge in [0.05, 0.1) is 12.7 Å². The lowest BCUT2D eigenvalue weighted by atomic mass is 9.59. The van der Waals surface area contributed by atoms with Gasteiger partial charge in [0.25, 0.3) is 0 Å². The van der Waals surface area contributed by atoms with Crippen LogP contribution in [0.25, 0.3) is 0 Å². The third-order valence-electron chi connectivity index (χ3n) is 6.85. The molecule has 1 heterocycles. The summed E-state index contributed by atoms with van der Waals surface area (Å²) in [6.07, 6.45) is -3.27. The van der Waals surface area contributed by atoms with Gasteiger partial charge in [-0.3, -0.25) is 4.79 Å². The highest BCUT2D eigenvalue weighted by atomic mass is 16.7. The molecule has 7 nitrogen and oxygen atoms in total. The molecule has 28 heavy (non-hydrogen) atoms. The number of ketones is 1. The van der Waals surface area contributed by atoms with E-state index < -0.39 is 37.3 Å². The van der Waals surface area contributed by atoms with Crippen molar-refractivity contribution in [2.24, 2.45) is 29.6 Å². The van der Waals surface area contributed by atoms with Crippen molar-refractivity contribution in [3.63, 3.8) is 0 Å². The molecule has 0 amide bonds. The van der Waals surface area contributed by atoms with Crippen LogP contribution in [0.15, 0.2) is 11.6 Å². The topological polar surface area (TPSA) is 116 Å². The van der Waals surface area contributed by atoms with Gasteiger partial charge in [-0.1, -0.05) is 26.8 Å². The van der Waals surface area contributed by atoms with Gasteiger partial charge in [0.15, 0.2) is 6.29 Å². The molecule has 160 valence electrons. The number of hydrogen-bond acceptors (Lipinski definition) is 7. The molecule has 0 unspecified atom stereocenters. The number of Topliss-reactive ketones (excluding diaryl/α,β-unsaturated/α-hetero) is 1. The Labute approximate surface area is 166 Å². The summed E-state index contributed by atoms with van der Waals surface area (Å²) in [6.45, 7) is 7.76. The van der Waals surface area contributed by atoms with Crippen molar-refractivity contribution < 1.29 is 34.7 Å². The number of ether oxygens (including phenoxy) is 2. The van der Waals surface area contributed by atoms with Crippen LogP contribution in [0, 0.1) is 29.6 Å². The van der Waals surface area contributed by atoms with E-state index in [2.05, 4.69) is 26.8 Å². The minimum absolute atomic E-state index is 0.0179. The van der Waals surface area contributed by atoms with E-state index in [0.29, 0.717) is 24.5 Å². The van der Waals surface area contributed by atoms with Gasteiger partial charge < -0.3 is 29.9 Å². The van der Waals surface area contributed by atoms with Crippen LogP contribution in [0.5, 0.6) is 0 Å². The average Bonchev–Trinajstić information content (AvgIpc) is 2.62. The first-order valence-corrected chi connectivity index (χ1v) is 10.3. The monoisotopic (exact) mass is 398 g/mol. The Morgan fingerprint density at radius 2 is 1.89 bits per heavy atom. The molecule has 3 rings (SSSR count). The van der Waals surface area contributed by atoms with E-state index in [1.165, 1.54) is 0 Å². The molecule has 0 aromatic carbocycles. The lowest BCUT2D eigenvalue weighted by molar-refractivity contribution is -0.310. The van der Waals surface area contributed by atoms with Crippen LogP contribution in [0.1, 0.15) is 40.5 Å². The molecule has 3 aliphatic rings. The summed E-state index contributed by atoms with van der Waals surface area (Å²) in [6, 6.07) is 0. The standard InChI is InChI=1S/C21H34O7/c1-9(2)17-13-5-11(4)15(7-12(13)10(3)6-14(17)23)27-21-20(26)19(25)18(24)16(8-22)28-21/h5,9-10,12-13,15-22,24-26H,6-8H2,1-4H3/t10-,12+,13-,15-,16-,17+,18+,19+,20-,21+/m0/s1. The van der Waals surface area contributed by atoms with Crippen LogP contribution in [-0.4, -0.2) is 69.6 Å². The first-order chi connectivity index (χ1) is 13.1. The third-order valence-corrected chi connectivity index (χ3v) is 6.85.